The fraction of sp³-hybridized carbons (Fsp3) is 0.776. The van der Waals surface area contributed by atoms with Crippen LogP contribution in [0.15, 0.2) is 72.9 Å². The third kappa shape index (κ3) is 59.6. The maximum absolute atomic E-state index is 12.9. The number of esters is 3. The molecule has 0 aromatic heterocycles. The lowest BCUT2D eigenvalue weighted by molar-refractivity contribution is -0.167. The van der Waals surface area contributed by atoms with Gasteiger partial charge in [0.1, 0.15) is 13.2 Å². The normalized spacial score (nSPS) is 12.5. The average Bonchev–Trinajstić information content (AvgIpc) is 3.39. The Morgan fingerprint density at radius 1 is 0.288 bits per heavy atom. The molecule has 0 N–H and O–H groups in total. The highest BCUT2D eigenvalue weighted by molar-refractivity contribution is 5.71. The molecule has 6 nitrogen and oxygen atoms in total. The molecule has 0 aliphatic rings. The molecule has 0 saturated carbocycles. The number of unbranched alkanes of at least 4 members (excludes halogenated alkanes) is 34. The summed E-state index contributed by atoms with van der Waals surface area (Å²) in [7, 11) is 0. The number of hydrogen-bond donors (Lipinski definition) is 0. The second-order valence-electron chi connectivity index (χ2n) is 20.9. The van der Waals surface area contributed by atoms with Gasteiger partial charge in [-0.1, -0.05) is 280 Å². The molecular formula is C67H118O6. The molecule has 422 valence electrons. The molecule has 0 unspecified atom stereocenters. The zero-order valence-corrected chi connectivity index (χ0v) is 48.4. The van der Waals surface area contributed by atoms with E-state index >= 15 is 0 Å². The molecule has 0 spiro atoms. The van der Waals surface area contributed by atoms with Crippen LogP contribution in [0.1, 0.15) is 316 Å². The van der Waals surface area contributed by atoms with Crippen LogP contribution < -0.4 is 0 Å². The zero-order chi connectivity index (χ0) is 52.9. The quantitative estimate of drug-likeness (QED) is 0.0261. The summed E-state index contributed by atoms with van der Waals surface area (Å²) in [6.07, 6.45) is 79.0. The largest absolute Gasteiger partial charge is 0.462 e. The van der Waals surface area contributed by atoms with E-state index in [1.165, 1.54) is 180 Å². The highest BCUT2D eigenvalue weighted by atomic mass is 16.6. The summed E-state index contributed by atoms with van der Waals surface area (Å²) >= 11 is 0. The van der Waals surface area contributed by atoms with E-state index in [2.05, 4.69) is 93.7 Å². The topological polar surface area (TPSA) is 78.9 Å². The summed E-state index contributed by atoms with van der Waals surface area (Å²) in [5, 5.41) is 0. The van der Waals surface area contributed by atoms with Gasteiger partial charge in [0.25, 0.3) is 0 Å². The van der Waals surface area contributed by atoms with Crippen LogP contribution in [-0.4, -0.2) is 37.2 Å². The van der Waals surface area contributed by atoms with Gasteiger partial charge >= 0.3 is 17.9 Å². The highest BCUT2D eigenvalue weighted by Gasteiger charge is 2.19. The molecule has 0 saturated heterocycles. The van der Waals surface area contributed by atoms with Crippen LogP contribution in [0.2, 0.25) is 0 Å². The van der Waals surface area contributed by atoms with Crippen molar-refractivity contribution in [3.05, 3.63) is 72.9 Å². The molecule has 0 bridgehead atoms. The molecule has 1 atom stereocenters. The molecule has 0 aliphatic carbocycles. The summed E-state index contributed by atoms with van der Waals surface area (Å²) in [5.41, 5.74) is 0. The maximum Gasteiger partial charge on any atom is 0.306 e. The van der Waals surface area contributed by atoms with Crippen LogP contribution in [0.4, 0.5) is 0 Å². The van der Waals surface area contributed by atoms with Crippen LogP contribution in [0.25, 0.3) is 0 Å². The van der Waals surface area contributed by atoms with E-state index in [0.29, 0.717) is 19.3 Å². The first kappa shape index (κ1) is 69.8. The molecule has 6 heteroatoms. The Morgan fingerprint density at radius 2 is 0.534 bits per heavy atom. The summed E-state index contributed by atoms with van der Waals surface area (Å²) < 4.78 is 16.9. The van der Waals surface area contributed by atoms with E-state index in [4.69, 9.17) is 14.2 Å². The number of rotatable bonds is 57. The fourth-order valence-electron chi connectivity index (χ4n) is 9.00. The van der Waals surface area contributed by atoms with Gasteiger partial charge in [0.05, 0.1) is 0 Å². The fourth-order valence-corrected chi connectivity index (χ4v) is 9.00. The van der Waals surface area contributed by atoms with Crippen molar-refractivity contribution in [3.8, 4) is 0 Å². The molecule has 0 rings (SSSR count). The van der Waals surface area contributed by atoms with Crippen molar-refractivity contribution in [1.82, 2.24) is 0 Å². The monoisotopic (exact) mass is 1020 g/mol. The predicted octanol–water partition coefficient (Wildman–Crippen LogP) is 21.3. The van der Waals surface area contributed by atoms with E-state index in [0.717, 1.165) is 96.3 Å². The Hall–Kier alpha value is -3.15. The van der Waals surface area contributed by atoms with E-state index in [-0.39, 0.29) is 31.1 Å². The number of hydrogen-bond acceptors (Lipinski definition) is 6. The van der Waals surface area contributed by atoms with Crippen LogP contribution in [-0.2, 0) is 28.6 Å². The summed E-state index contributed by atoms with van der Waals surface area (Å²) in [5.74, 6) is -0.907. The Kier molecular flexibility index (Phi) is 58.7. The molecule has 0 radical (unpaired) electrons. The van der Waals surface area contributed by atoms with Gasteiger partial charge in [0, 0.05) is 19.3 Å². The van der Waals surface area contributed by atoms with Crippen molar-refractivity contribution >= 4 is 17.9 Å². The Morgan fingerprint density at radius 3 is 0.863 bits per heavy atom. The van der Waals surface area contributed by atoms with Crippen molar-refractivity contribution in [3.63, 3.8) is 0 Å². The molecule has 0 heterocycles. The molecule has 0 aromatic rings. The summed E-state index contributed by atoms with van der Waals surface area (Å²) in [6.45, 7) is 6.54. The predicted molar refractivity (Wildman–Crippen MR) is 316 cm³/mol. The molecule has 0 amide bonds. The van der Waals surface area contributed by atoms with Crippen LogP contribution in [0.5, 0.6) is 0 Å². The zero-order valence-electron chi connectivity index (χ0n) is 48.4. The van der Waals surface area contributed by atoms with Crippen LogP contribution in [0.3, 0.4) is 0 Å². The lowest BCUT2D eigenvalue weighted by Crippen LogP contribution is -2.30. The molecular weight excluding hydrogens is 901 g/mol. The summed E-state index contributed by atoms with van der Waals surface area (Å²) in [4.78, 5) is 38.3. The van der Waals surface area contributed by atoms with Gasteiger partial charge in [-0.3, -0.25) is 14.4 Å². The minimum absolute atomic E-state index is 0.0849. The minimum atomic E-state index is -0.791. The third-order valence-electron chi connectivity index (χ3n) is 13.7. The van der Waals surface area contributed by atoms with Crippen LogP contribution >= 0.6 is 0 Å². The number of ether oxygens (including phenoxy) is 3. The van der Waals surface area contributed by atoms with Gasteiger partial charge < -0.3 is 14.2 Å². The van der Waals surface area contributed by atoms with Crippen molar-refractivity contribution in [1.29, 1.82) is 0 Å². The molecule has 0 fully saturated rings. The lowest BCUT2D eigenvalue weighted by Gasteiger charge is -2.18. The second-order valence-corrected chi connectivity index (χ2v) is 20.9. The lowest BCUT2D eigenvalue weighted by atomic mass is 10.0. The van der Waals surface area contributed by atoms with Crippen molar-refractivity contribution in [2.24, 2.45) is 0 Å². The summed E-state index contributed by atoms with van der Waals surface area (Å²) in [6, 6.07) is 0. The first-order chi connectivity index (χ1) is 36.0. The highest BCUT2D eigenvalue weighted by Crippen LogP contribution is 2.17. The first-order valence-corrected chi connectivity index (χ1v) is 31.4. The van der Waals surface area contributed by atoms with Gasteiger partial charge in [0.15, 0.2) is 6.10 Å². The van der Waals surface area contributed by atoms with Crippen molar-refractivity contribution in [2.45, 2.75) is 322 Å². The van der Waals surface area contributed by atoms with E-state index in [9.17, 15) is 14.4 Å². The third-order valence-corrected chi connectivity index (χ3v) is 13.7. The van der Waals surface area contributed by atoms with Crippen molar-refractivity contribution < 1.29 is 28.6 Å². The number of allylic oxidation sites excluding steroid dienone is 12. The van der Waals surface area contributed by atoms with Gasteiger partial charge in [-0.15, -0.1) is 0 Å². The van der Waals surface area contributed by atoms with E-state index < -0.39 is 6.10 Å². The second kappa shape index (κ2) is 61.4. The Balaban J connectivity index is 4.42. The van der Waals surface area contributed by atoms with Crippen LogP contribution in [0, 0.1) is 0 Å². The molecule has 0 aliphatic heterocycles. The van der Waals surface area contributed by atoms with Gasteiger partial charge in [-0.25, -0.2) is 0 Å². The SMILES string of the molecule is CC/C=C\C/C=C\C/C=C\C/C=C\C/C=C\CCCCCC(=O)OC[C@@H](COC(=O)CCCCCCCCCCCCCCCCCCC)OC(=O)CCCCCCCCC/C=C\CCCCCCCCCC. The van der Waals surface area contributed by atoms with Gasteiger partial charge in [-0.2, -0.15) is 0 Å². The molecule has 73 heavy (non-hydrogen) atoms. The molecule has 0 aromatic carbocycles. The van der Waals surface area contributed by atoms with Gasteiger partial charge in [0.2, 0.25) is 0 Å². The van der Waals surface area contributed by atoms with Crippen molar-refractivity contribution in [2.75, 3.05) is 13.2 Å². The Bertz CT molecular complexity index is 1360. The van der Waals surface area contributed by atoms with E-state index in [1.54, 1.807) is 0 Å². The maximum atomic E-state index is 12.9. The average molecular weight is 1020 g/mol. The minimum Gasteiger partial charge on any atom is -0.462 e. The van der Waals surface area contributed by atoms with Gasteiger partial charge in [-0.05, 0) is 89.9 Å². The Labute approximate surface area is 453 Å². The smallest absolute Gasteiger partial charge is 0.306 e. The number of carbonyl (C=O) groups excluding carboxylic acids is 3. The van der Waals surface area contributed by atoms with E-state index in [1.807, 2.05) is 0 Å². The standard InChI is InChI=1S/C67H118O6/c1-4-7-10-13-16-19-22-25-28-31-33-36-39-42-45-48-51-54-57-60-66(69)72-63-64(62-71-65(68)59-56-53-50-47-44-41-38-35-30-27-24-21-18-15-12-9-6-3)73-67(70)61-58-55-52-49-46-43-40-37-34-32-29-26-23-20-17-14-11-8-5-2/h7,10,16,19,25,28,32-34,36,42,45,64H,4-6,8-9,11-15,17-18,20-24,26-27,29-31,35,37-41,43-44,46-63H2,1-3H3/b10-7-,19-16-,28-25-,34-32-,36-33-,45-42-/t64-/m1/s1. The first-order valence-electron chi connectivity index (χ1n) is 31.4. The number of carbonyl (C=O) groups is 3.